The van der Waals surface area contributed by atoms with Crippen molar-refractivity contribution in [3.8, 4) is 0 Å². The van der Waals surface area contributed by atoms with E-state index in [1.165, 1.54) is 12.0 Å². The molecule has 0 saturated carbocycles. The van der Waals surface area contributed by atoms with Crippen LogP contribution >= 0.6 is 0 Å². The van der Waals surface area contributed by atoms with Crippen molar-refractivity contribution in [3.63, 3.8) is 0 Å². The molecule has 2 heterocycles. The Hall–Kier alpha value is -1.20. The number of anilines is 1. The summed E-state index contributed by atoms with van der Waals surface area (Å²) in [5.41, 5.74) is 6.64. The Kier molecular flexibility index (Phi) is 3.69. The maximum atomic E-state index is 5.40. The second-order valence-electron chi connectivity index (χ2n) is 4.30. The summed E-state index contributed by atoms with van der Waals surface area (Å²) in [4.78, 5) is 10.9. The quantitative estimate of drug-likeness (QED) is 0.763. The van der Waals surface area contributed by atoms with Gasteiger partial charge in [0.25, 0.3) is 0 Å². The molecule has 0 spiro atoms. The zero-order valence-corrected chi connectivity index (χ0v) is 9.69. The van der Waals surface area contributed by atoms with Crippen molar-refractivity contribution in [1.29, 1.82) is 0 Å². The molecule has 1 aliphatic rings. The molecule has 1 fully saturated rings. The molecule has 0 radical (unpaired) electrons. The zero-order chi connectivity index (χ0) is 11.4. The summed E-state index contributed by atoms with van der Waals surface area (Å²) in [6.45, 7) is 3.58. The number of nitrogens with two attached hydrogens (primary N) is 1. The zero-order valence-electron chi connectivity index (χ0n) is 9.69. The van der Waals surface area contributed by atoms with Crippen molar-refractivity contribution in [2.24, 2.45) is 5.73 Å². The molecule has 1 aromatic heterocycles. The summed E-state index contributed by atoms with van der Waals surface area (Å²) in [6, 6.07) is 0. The summed E-state index contributed by atoms with van der Waals surface area (Å²) >= 11 is 0. The van der Waals surface area contributed by atoms with Gasteiger partial charge < -0.3 is 16.0 Å². The SMILES string of the molecule is CN1CCC(c2cnc(NCCN)nc2)C1. The average molecular weight is 221 g/mol. The molecule has 0 bridgehead atoms. The number of rotatable bonds is 4. The van der Waals surface area contributed by atoms with Gasteiger partial charge in [-0.15, -0.1) is 0 Å². The molecule has 88 valence electrons. The predicted molar refractivity (Wildman–Crippen MR) is 64.4 cm³/mol. The molecule has 0 aromatic carbocycles. The summed E-state index contributed by atoms with van der Waals surface area (Å²) in [5, 5.41) is 3.06. The Labute approximate surface area is 96.1 Å². The largest absolute Gasteiger partial charge is 0.353 e. The van der Waals surface area contributed by atoms with Crippen LogP contribution in [0.25, 0.3) is 0 Å². The summed E-state index contributed by atoms with van der Waals surface area (Å²) in [5.74, 6) is 1.26. The molecule has 0 aliphatic carbocycles. The topological polar surface area (TPSA) is 67.1 Å². The van der Waals surface area contributed by atoms with E-state index in [9.17, 15) is 0 Å². The molecule has 1 atom stereocenters. The molecule has 0 amide bonds. The fraction of sp³-hybridized carbons (Fsp3) is 0.636. The Bertz CT molecular complexity index is 324. The molecule has 5 nitrogen and oxygen atoms in total. The highest BCUT2D eigenvalue weighted by molar-refractivity contribution is 5.26. The Balaban J connectivity index is 1.96. The Morgan fingerprint density at radius 2 is 2.25 bits per heavy atom. The third-order valence-corrected chi connectivity index (χ3v) is 2.96. The van der Waals surface area contributed by atoms with E-state index in [-0.39, 0.29) is 0 Å². The van der Waals surface area contributed by atoms with Gasteiger partial charge in [-0.3, -0.25) is 0 Å². The van der Waals surface area contributed by atoms with Crippen LogP contribution in [0, 0.1) is 0 Å². The second kappa shape index (κ2) is 5.23. The van der Waals surface area contributed by atoms with Crippen molar-refractivity contribution < 1.29 is 0 Å². The van der Waals surface area contributed by atoms with Crippen molar-refractivity contribution >= 4 is 5.95 Å². The van der Waals surface area contributed by atoms with Crippen LogP contribution in [0.15, 0.2) is 12.4 Å². The van der Waals surface area contributed by atoms with Gasteiger partial charge in [0.15, 0.2) is 0 Å². The molecule has 1 unspecified atom stereocenters. The van der Waals surface area contributed by atoms with Gasteiger partial charge in [-0.1, -0.05) is 0 Å². The molecule has 2 rings (SSSR count). The predicted octanol–water partition coefficient (Wildman–Crippen LogP) is 0.266. The minimum Gasteiger partial charge on any atom is -0.353 e. The van der Waals surface area contributed by atoms with Gasteiger partial charge >= 0.3 is 0 Å². The molecule has 5 heteroatoms. The number of likely N-dealkylation sites (tertiary alicyclic amines) is 1. The highest BCUT2D eigenvalue weighted by Crippen LogP contribution is 2.25. The first-order valence-corrected chi connectivity index (χ1v) is 5.74. The highest BCUT2D eigenvalue weighted by Gasteiger charge is 2.21. The first-order valence-electron chi connectivity index (χ1n) is 5.74. The fourth-order valence-electron chi connectivity index (χ4n) is 2.03. The van der Waals surface area contributed by atoms with E-state index >= 15 is 0 Å². The van der Waals surface area contributed by atoms with Crippen LogP contribution in [0.5, 0.6) is 0 Å². The Morgan fingerprint density at radius 1 is 1.50 bits per heavy atom. The molecule has 1 saturated heterocycles. The van der Waals surface area contributed by atoms with E-state index in [0.717, 1.165) is 13.1 Å². The maximum absolute atomic E-state index is 5.40. The van der Waals surface area contributed by atoms with Crippen LogP contribution < -0.4 is 11.1 Å². The van der Waals surface area contributed by atoms with Gasteiger partial charge in [0.2, 0.25) is 5.95 Å². The van der Waals surface area contributed by atoms with E-state index in [1.54, 1.807) is 0 Å². The molecule has 3 N–H and O–H groups in total. The normalized spacial score (nSPS) is 21.2. The Morgan fingerprint density at radius 3 is 2.81 bits per heavy atom. The average Bonchev–Trinajstić information content (AvgIpc) is 2.74. The van der Waals surface area contributed by atoms with Crippen LogP contribution in [0.2, 0.25) is 0 Å². The van der Waals surface area contributed by atoms with Gasteiger partial charge in [0, 0.05) is 37.9 Å². The lowest BCUT2D eigenvalue weighted by Gasteiger charge is -2.10. The number of hydrogen-bond acceptors (Lipinski definition) is 5. The fourth-order valence-corrected chi connectivity index (χ4v) is 2.03. The van der Waals surface area contributed by atoms with Gasteiger partial charge in [0.05, 0.1) is 0 Å². The van der Waals surface area contributed by atoms with Crippen LogP contribution in [0.1, 0.15) is 17.9 Å². The number of hydrogen-bond donors (Lipinski definition) is 2. The van der Waals surface area contributed by atoms with Crippen LogP contribution in [0.3, 0.4) is 0 Å². The number of nitrogens with zero attached hydrogens (tertiary/aromatic N) is 3. The molecule has 16 heavy (non-hydrogen) atoms. The summed E-state index contributed by atoms with van der Waals surface area (Å²) in [7, 11) is 2.15. The lowest BCUT2D eigenvalue weighted by molar-refractivity contribution is 0.411. The lowest BCUT2D eigenvalue weighted by atomic mass is 10.0. The minimum absolute atomic E-state index is 0.591. The van der Waals surface area contributed by atoms with E-state index in [1.807, 2.05) is 12.4 Å². The van der Waals surface area contributed by atoms with Crippen molar-refractivity contribution in [3.05, 3.63) is 18.0 Å². The van der Waals surface area contributed by atoms with Gasteiger partial charge in [-0.2, -0.15) is 0 Å². The van der Waals surface area contributed by atoms with Gasteiger partial charge in [0.1, 0.15) is 0 Å². The van der Waals surface area contributed by atoms with E-state index in [0.29, 0.717) is 25.0 Å². The van der Waals surface area contributed by atoms with Crippen molar-refractivity contribution in [2.45, 2.75) is 12.3 Å². The highest BCUT2D eigenvalue weighted by atomic mass is 15.1. The van der Waals surface area contributed by atoms with E-state index in [4.69, 9.17) is 5.73 Å². The van der Waals surface area contributed by atoms with Crippen LogP contribution in [0.4, 0.5) is 5.95 Å². The van der Waals surface area contributed by atoms with Gasteiger partial charge in [-0.25, -0.2) is 9.97 Å². The third kappa shape index (κ3) is 2.68. The number of aromatic nitrogens is 2. The number of nitrogens with one attached hydrogen (secondary N) is 1. The van der Waals surface area contributed by atoms with Crippen molar-refractivity contribution in [2.75, 3.05) is 38.5 Å². The van der Waals surface area contributed by atoms with Gasteiger partial charge in [-0.05, 0) is 25.6 Å². The standard InChI is InChI=1S/C11H19N5/c1-16-5-2-9(8-16)10-6-14-11(15-7-10)13-4-3-12/h6-7,9H,2-5,8,12H2,1H3,(H,13,14,15). The smallest absolute Gasteiger partial charge is 0.222 e. The minimum atomic E-state index is 0.591. The van der Waals surface area contributed by atoms with Crippen LogP contribution in [-0.4, -0.2) is 48.1 Å². The molecule has 1 aliphatic heterocycles. The first-order chi connectivity index (χ1) is 7.79. The monoisotopic (exact) mass is 221 g/mol. The molecular weight excluding hydrogens is 202 g/mol. The third-order valence-electron chi connectivity index (χ3n) is 2.96. The summed E-state index contributed by atoms with van der Waals surface area (Å²) in [6.07, 6.45) is 5.06. The molecular formula is C11H19N5. The molecule has 1 aromatic rings. The lowest BCUT2D eigenvalue weighted by Crippen LogP contribution is -2.15. The van der Waals surface area contributed by atoms with E-state index in [2.05, 4.69) is 27.2 Å². The number of likely N-dealkylation sites (N-methyl/N-ethyl adjacent to an activating group) is 1. The second-order valence-corrected chi connectivity index (χ2v) is 4.30. The van der Waals surface area contributed by atoms with E-state index < -0.39 is 0 Å². The summed E-state index contributed by atoms with van der Waals surface area (Å²) < 4.78 is 0. The maximum Gasteiger partial charge on any atom is 0.222 e. The van der Waals surface area contributed by atoms with Crippen LogP contribution in [-0.2, 0) is 0 Å². The van der Waals surface area contributed by atoms with Crippen molar-refractivity contribution in [1.82, 2.24) is 14.9 Å². The first kappa shape index (κ1) is 11.3.